The fraction of sp³-hybridized carbons (Fsp3) is 0.286. The van der Waals surface area contributed by atoms with Crippen molar-refractivity contribution in [2.75, 3.05) is 6.54 Å². The van der Waals surface area contributed by atoms with Crippen LogP contribution in [0.3, 0.4) is 0 Å². The number of hydrogen-bond acceptors (Lipinski definition) is 2. The fourth-order valence-corrected chi connectivity index (χ4v) is 3.53. The number of pyridine rings is 1. The molecule has 0 aliphatic carbocycles. The van der Waals surface area contributed by atoms with Gasteiger partial charge in [-0.15, -0.1) is 0 Å². The number of allylic oxidation sites excluding steroid dienone is 1. The number of carbonyl (C=O) groups is 1. The molecule has 31 heavy (non-hydrogen) atoms. The molecule has 3 aromatic rings. The van der Waals surface area contributed by atoms with E-state index < -0.39 is 0 Å². The Bertz CT molecular complexity index is 926. The molecule has 0 bridgehead atoms. The molecule has 3 heteroatoms. The standard InChI is InChI=1S/C28H32N2O/c1-22-11-15-25(16-12-22)27(26-17-13-23(2)14-18-26)9-5-10-28(31)30-20-4-3-7-24-8-6-19-29-21-24/h6,8-9,11-19,21H,3-5,7,10,20H2,1-2H3,(H,30,31). The lowest BCUT2D eigenvalue weighted by Crippen LogP contribution is -2.23. The first-order valence-electron chi connectivity index (χ1n) is 11.1. The van der Waals surface area contributed by atoms with E-state index in [9.17, 15) is 4.79 Å². The molecule has 0 aliphatic heterocycles. The quantitative estimate of drug-likeness (QED) is 0.412. The molecule has 1 amide bonds. The van der Waals surface area contributed by atoms with Crippen molar-refractivity contribution in [3.63, 3.8) is 0 Å². The third kappa shape index (κ3) is 7.53. The van der Waals surface area contributed by atoms with Gasteiger partial charge in [-0.3, -0.25) is 9.78 Å². The molecule has 0 saturated carbocycles. The topological polar surface area (TPSA) is 42.0 Å². The van der Waals surface area contributed by atoms with E-state index in [1.54, 1.807) is 6.20 Å². The highest BCUT2D eigenvalue weighted by Gasteiger charge is 2.06. The van der Waals surface area contributed by atoms with Crippen LogP contribution in [0.4, 0.5) is 0 Å². The van der Waals surface area contributed by atoms with E-state index in [1.165, 1.54) is 33.4 Å². The summed E-state index contributed by atoms with van der Waals surface area (Å²) in [6, 6.07) is 21.2. The van der Waals surface area contributed by atoms with Gasteiger partial charge in [-0.25, -0.2) is 0 Å². The number of nitrogens with zero attached hydrogens (tertiary/aromatic N) is 1. The van der Waals surface area contributed by atoms with Gasteiger partial charge >= 0.3 is 0 Å². The smallest absolute Gasteiger partial charge is 0.220 e. The van der Waals surface area contributed by atoms with E-state index >= 15 is 0 Å². The number of amides is 1. The van der Waals surface area contributed by atoms with Crippen LogP contribution in [0.25, 0.3) is 5.57 Å². The van der Waals surface area contributed by atoms with Crippen molar-refractivity contribution in [1.29, 1.82) is 0 Å². The summed E-state index contributed by atoms with van der Waals surface area (Å²) in [4.78, 5) is 16.4. The molecule has 1 N–H and O–H groups in total. The summed E-state index contributed by atoms with van der Waals surface area (Å²) in [6.45, 7) is 4.92. The number of aryl methyl sites for hydroxylation is 3. The highest BCUT2D eigenvalue weighted by molar-refractivity contribution is 5.81. The predicted octanol–water partition coefficient (Wildman–Crippen LogP) is 6.05. The van der Waals surface area contributed by atoms with Gasteiger partial charge in [0.15, 0.2) is 0 Å². The van der Waals surface area contributed by atoms with Crippen LogP contribution in [-0.2, 0) is 11.2 Å². The first kappa shape index (κ1) is 22.5. The van der Waals surface area contributed by atoms with Crippen LogP contribution in [-0.4, -0.2) is 17.4 Å². The van der Waals surface area contributed by atoms with Crippen molar-refractivity contribution < 1.29 is 4.79 Å². The van der Waals surface area contributed by atoms with E-state index in [0.717, 1.165) is 32.2 Å². The number of benzene rings is 2. The van der Waals surface area contributed by atoms with Crippen LogP contribution in [0.5, 0.6) is 0 Å². The monoisotopic (exact) mass is 412 g/mol. The summed E-state index contributed by atoms with van der Waals surface area (Å²) in [5, 5.41) is 3.05. The fourth-order valence-electron chi connectivity index (χ4n) is 3.53. The summed E-state index contributed by atoms with van der Waals surface area (Å²) in [5.41, 5.74) is 7.29. The van der Waals surface area contributed by atoms with Gasteiger partial charge in [0.25, 0.3) is 0 Å². The summed E-state index contributed by atoms with van der Waals surface area (Å²) in [7, 11) is 0. The van der Waals surface area contributed by atoms with Crippen LogP contribution in [0.1, 0.15) is 53.5 Å². The van der Waals surface area contributed by atoms with Gasteiger partial charge in [-0.1, -0.05) is 71.8 Å². The van der Waals surface area contributed by atoms with E-state index in [4.69, 9.17) is 0 Å². The van der Waals surface area contributed by atoms with E-state index in [0.29, 0.717) is 6.42 Å². The number of unbranched alkanes of at least 4 members (excludes halogenated alkanes) is 1. The molecule has 1 aromatic heterocycles. The maximum absolute atomic E-state index is 12.3. The maximum atomic E-state index is 12.3. The van der Waals surface area contributed by atoms with E-state index in [1.807, 2.05) is 12.3 Å². The third-order valence-electron chi connectivity index (χ3n) is 5.38. The molecule has 0 aliphatic rings. The second-order valence-electron chi connectivity index (χ2n) is 8.06. The maximum Gasteiger partial charge on any atom is 0.220 e. The zero-order valence-electron chi connectivity index (χ0n) is 18.6. The van der Waals surface area contributed by atoms with Gasteiger partial charge in [-0.2, -0.15) is 0 Å². The molecule has 3 nitrogen and oxygen atoms in total. The summed E-state index contributed by atoms with van der Waals surface area (Å²) in [5.74, 6) is 0.116. The van der Waals surface area contributed by atoms with Gasteiger partial charge < -0.3 is 5.32 Å². The number of hydrogen-bond donors (Lipinski definition) is 1. The zero-order chi connectivity index (χ0) is 21.9. The molecule has 3 rings (SSSR count). The lowest BCUT2D eigenvalue weighted by Gasteiger charge is -2.10. The Balaban J connectivity index is 1.50. The van der Waals surface area contributed by atoms with Gasteiger partial charge in [0.05, 0.1) is 0 Å². The molecule has 0 radical (unpaired) electrons. The highest BCUT2D eigenvalue weighted by atomic mass is 16.1. The lowest BCUT2D eigenvalue weighted by atomic mass is 9.95. The molecule has 0 atom stereocenters. The Labute approximate surface area is 186 Å². The molecular formula is C28H32N2O. The van der Waals surface area contributed by atoms with Crippen LogP contribution in [0.2, 0.25) is 0 Å². The van der Waals surface area contributed by atoms with Gasteiger partial charge in [-0.05, 0) is 67.9 Å². The first-order chi connectivity index (χ1) is 15.1. The van der Waals surface area contributed by atoms with Crippen molar-refractivity contribution in [3.8, 4) is 0 Å². The molecule has 0 unspecified atom stereocenters. The van der Waals surface area contributed by atoms with Crippen molar-refractivity contribution >= 4 is 11.5 Å². The molecule has 160 valence electrons. The average Bonchev–Trinajstić information content (AvgIpc) is 2.79. The van der Waals surface area contributed by atoms with Gasteiger partial charge in [0.2, 0.25) is 5.91 Å². The van der Waals surface area contributed by atoms with Crippen LogP contribution in [0, 0.1) is 13.8 Å². The highest BCUT2D eigenvalue weighted by Crippen LogP contribution is 2.25. The molecule has 0 spiro atoms. The molecule has 2 aromatic carbocycles. The Morgan fingerprint density at radius 2 is 1.55 bits per heavy atom. The molecular weight excluding hydrogens is 380 g/mol. The lowest BCUT2D eigenvalue weighted by molar-refractivity contribution is -0.121. The second kappa shape index (κ2) is 11.8. The van der Waals surface area contributed by atoms with Crippen LogP contribution >= 0.6 is 0 Å². The molecule has 0 saturated heterocycles. The van der Waals surface area contributed by atoms with E-state index in [-0.39, 0.29) is 5.91 Å². The van der Waals surface area contributed by atoms with Crippen molar-refractivity contribution in [2.24, 2.45) is 0 Å². The van der Waals surface area contributed by atoms with Gasteiger partial charge in [0, 0.05) is 25.4 Å². The van der Waals surface area contributed by atoms with Crippen molar-refractivity contribution in [1.82, 2.24) is 10.3 Å². The largest absolute Gasteiger partial charge is 0.356 e. The Hall–Kier alpha value is -3.20. The minimum Gasteiger partial charge on any atom is -0.356 e. The summed E-state index contributed by atoms with van der Waals surface area (Å²) >= 11 is 0. The Morgan fingerprint density at radius 1 is 0.903 bits per heavy atom. The molecule has 1 heterocycles. The minimum absolute atomic E-state index is 0.116. The third-order valence-corrected chi connectivity index (χ3v) is 5.38. The number of nitrogens with one attached hydrogen (secondary N) is 1. The number of carbonyl (C=O) groups excluding carboxylic acids is 1. The number of rotatable bonds is 10. The average molecular weight is 413 g/mol. The van der Waals surface area contributed by atoms with Crippen molar-refractivity contribution in [3.05, 3.63) is 107 Å². The second-order valence-corrected chi connectivity index (χ2v) is 8.06. The van der Waals surface area contributed by atoms with Gasteiger partial charge in [0.1, 0.15) is 0 Å². The first-order valence-corrected chi connectivity index (χ1v) is 11.1. The normalized spacial score (nSPS) is 10.5. The number of aromatic nitrogens is 1. The minimum atomic E-state index is 0.116. The Kier molecular flexibility index (Phi) is 8.59. The SMILES string of the molecule is Cc1ccc(C(=CCCC(=O)NCCCCc2cccnc2)c2ccc(C)cc2)cc1. The van der Waals surface area contributed by atoms with Crippen LogP contribution < -0.4 is 5.32 Å². The van der Waals surface area contributed by atoms with E-state index in [2.05, 4.69) is 84.8 Å². The van der Waals surface area contributed by atoms with Crippen molar-refractivity contribution in [2.45, 2.75) is 46.0 Å². The van der Waals surface area contributed by atoms with Crippen LogP contribution in [0.15, 0.2) is 79.1 Å². The summed E-state index contributed by atoms with van der Waals surface area (Å²) in [6.07, 6.45) is 10.2. The molecule has 0 fully saturated rings. The summed E-state index contributed by atoms with van der Waals surface area (Å²) < 4.78 is 0. The Morgan fingerprint density at radius 3 is 2.13 bits per heavy atom. The predicted molar refractivity (Wildman–Crippen MR) is 129 cm³/mol. The zero-order valence-corrected chi connectivity index (χ0v) is 18.6.